The van der Waals surface area contributed by atoms with Crippen LogP contribution in [-0.4, -0.2) is 53.8 Å². The number of alkyl halides is 1. The monoisotopic (exact) mass is 519 g/mol. The van der Waals surface area contributed by atoms with Gasteiger partial charge in [-0.2, -0.15) is 0 Å². The first-order chi connectivity index (χ1) is 16.8. The van der Waals surface area contributed by atoms with E-state index in [9.17, 15) is 19.1 Å². The molecule has 0 aromatic rings. The lowest BCUT2D eigenvalue weighted by Crippen LogP contribution is -2.52. The molecule has 0 aromatic heterocycles. The van der Waals surface area contributed by atoms with Crippen LogP contribution in [0.2, 0.25) is 0 Å². The molecule has 1 saturated heterocycles. The minimum absolute atomic E-state index is 0.139. The van der Waals surface area contributed by atoms with Crippen LogP contribution >= 0.6 is 0 Å². The summed E-state index contributed by atoms with van der Waals surface area (Å²) in [6, 6.07) is 0. The molecule has 1 aliphatic rings. The molecule has 1 aliphatic heterocycles. The zero-order valence-corrected chi connectivity index (χ0v) is 25.1. The molecule has 3 unspecified atom stereocenters. The first-order valence-corrected chi connectivity index (χ1v) is 13.5. The number of oxime groups is 1. The van der Waals surface area contributed by atoms with Gasteiger partial charge in [0.05, 0.1) is 11.3 Å². The molecule has 1 fully saturated rings. The van der Waals surface area contributed by atoms with Gasteiger partial charge in [-0.1, -0.05) is 67.5 Å². The van der Waals surface area contributed by atoms with E-state index in [1.165, 1.54) is 0 Å². The fourth-order valence-corrected chi connectivity index (χ4v) is 4.66. The van der Waals surface area contributed by atoms with Crippen LogP contribution in [-0.2, 0) is 23.9 Å². The number of aliphatic hydroxyl groups is 1. The van der Waals surface area contributed by atoms with Crippen LogP contribution in [0.1, 0.15) is 102 Å². The van der Waals surface area contributed by atoms with Crippen molar-refractivity contribution in [3.63, 3.8) is 0 Å². The highest BCUT2D eigenvalue weighted by atomic mass is 19.1. The third-order valence-electron chi connectivity index (χ3n) is 7.71. The SMILES string of the molecule is CC.CC.CC[C@H]1OC(=O)C(C)C(=O)C[C@@H](C)[C@](C)(OC)C[C@@H](C)/C(=N\OCF)C(C)C(C)[C@]1(C)O. The number of hydrogen-bond acceptors (Lipinski definition) is 7. The van der Waals surface area contributed by atoms with Crippen molar-refractivity contribution in [3.05, 3.63) is 0 Å². The average molecular weight is 520 g/mol. The van der Waals surface area contributed by atoms with Gasteiger partial charge < -0.3 is 19.4 Å². The second-order valence-corrected chi connectivity index (χ2v) is 9.81. The van der Waals surface area contributed by atoms with Gasteiger partial charge in [0.25, 0.3) is 6.86 Å². The fourth-order valence-electron chi connectivity index (χ4n) is 4.66. The molecule has 0 aliphatic carbocycles. The summed E-state index contributed by atoms with van der Waals surface area (Å²) in [7, 11) is 1.59. The van der Waals surface area contributed by atoms with Crippen molar-refractivity contribution in [1.82, 2.24) is 0 Å². The number of carbonyl (C=O) groups excluding carboxylic acids is 2. The number of Topliss-reactive ketones (excluding diaryl/α,β-unsaturated/α-hetero) is 1. The highest BCUT2D eigenvalue weighted by Crippen LogP contribution is 2.38. The summed E-state index contributed by atoms with van der Waals surface area (Å²) in [4.78, 5) is 30.4. The maximum atomic E-state index is 12.9. The van der Waals surface area contributed by atoms with E-state index in [4.69, 9.17) is 14.3 Å². The molecule has 8 atom stereocenters. The van der Waals surface area contributed by atoms with E-state index in [1.807, 2.05) is 69.2 Å². The third kappa shape index (κ3) is 9.40. The summed E-state index contributed by atoms with van der Waals surface area (Å²) in [5.74, 6) is -2.91. The molecule has 214 valence electrons. The molecule has 7 nitrogen and oxygen atoms in total. The van der Waals surface area contributed by atoms with Gasteiger partial charge in [-0.05, 0) is 45.4 Å². The zero-order valence-electron chi connectivity index (χ0n) is 25.1. The molecule has 1 rings (SSSR count). The van der Waals surface area contributed by atoms with E-state index in [1.54, 1.807) is 21.0 Å². The second-order valence-electron chi connectivity index (χ2n) is 9.81. The van der Waals surface area contributed by atoms with Crippen molar-refractivity contribution >= 4 is 17.5 Å². The van der Waals surface area contributed by atoms with Gasteiger partial charge in [-0.25, -0.2) is 4.39 Å². The van der Waals surface area contributed by atoms with Crippen LogP contribution in [0.3, 0.4) is 0 Å². The first-order valence-electron chi connectivity index (χ1n) is 13.5. The van der Waals surface area contributed by atoms with Crippen molar-refractivity contribution in [3.8, 4) is 0 Å². The average Bonchev–Trinajstić information content (AvgIpc) is 2.87. The van der Waals surface area contributed by atoms with Crippen LogP contribution in [0.15, 0.2) is 5.16 Å². The van der Waals surface area contributed by atoms with E-state index in [2.05, 4.69) is 5.16 Å². The summed E-state index contributed by atoms with van der Waals surface area (Å²) >= 11 is 0. The summed E-state index contributed by atoms with van der Waals surface area (Å²) in [5.41, 5.74) is -1.52. The Hall–Kier alpha value is -1.54. The topological polar surface area (TPSA) is 94.4 Å². The Morgan fingerprint density at radius 2 is 1.61 bits per heavy atom. The molecular weight excluding hydrogens is 465 g/mol. The summed E-state index contributed by atoms with van der Waals surface area (Å²) < 4.78 is 24.3. The lowest BCUT2D eigenvalue weighted by atomic mass is 9.71. The summed E-state index contributed by atoms with van der Waals surface area (Å²) in [5, 5.41) is 15.5. The van der Waals surface area contributed by atoms with Crippen LogP contribution in [0, 0.1) is 29.6 Å². The molecule has 36 heavy (non-hydrogen) atoms. The molecule has 0 aromatic carbocycles. The number of cyclic esters (lactones) is 1. The lowest BCUT2D eigenvalue weighted by molar-refractivity contribution is -0.177. The Bertz CT molecular complexity index is 683. The van der Waals surface area contributed by atoms with Gasteiger partial charge in [0.1, 0.15) is 23.4 Å². The van der Waals surface area contributed by atoms with E-state index < -0.39 is 42.0 Å². The lowest BCUT2D eigenvalue weighted by Gasteiger charge is -2.42. The molecule has 0 spiro atoms. The normalized spacial score (nSPS) is 37.5. The quantitative estimate of drug-likeness (QED) is 0.264. The standard InChI is InChI=1S/C24H42FNO6.2C2H6/c1-10-20-24(8,29)18(6)16(4)21(26-31-13-25)14(2)12-23(7,30-9)15(3)11-19(27)17(5)22(28)32-20;2*1-2/h14-18,20,29H,10-13H2,1-9H3;2*1-2H3/b26-21+;;/t14-,15-,16?,17?,18?,20-,23-,24+;;/m1../s1. The molecule has 0 radical (unpaired) electrons. The van der Waals surface area contributed by atoms with Gasteiger partial charge in [0.15, 0.2) is 0 Å². The van der Waals surface area contributed by atoms with Crippen LogP contribution in [0.25, 0.3) is 0 Å². The van der Waals surface area contributed by atoms with Crippen LogP contribution < -0.4 is 0 Å². The highest BCUT2D eigenvalue weighted by molar-refractivity contribution is 5.98. The molecule has 0 saturated carbocycles. The van der Waals surface area contributed by atoms with Crippen molar-refractivity contribution < 1.29 is 33.4 Å². The third-order valence-corrected chi connectivity index (χ3v) is 7.71. The van der Waals surface area contributed by atoms with Gasteiger partial charge in [0, 0.05) is 25.4 Å². The van der Waals surface area contributed by atoms with Crippen LogP contribution in [0.5, 0.6) is 0 Å². The van der Waals surface area contributed by atoms with Gasteiger partial charge >= 0.3 is 5.97 Å². The number of methoxy groups -OCH3 is 1. The van der Waals surface area contributed by atoms with E-state index in [-0.39, 0.29) is 30.0 Å². The van der Waals surface area contributed by atoms with Crippen LogP contribution in [0.4, 0.5) is 4.39 Å². The van der Waals surface area contributed by atoms with Crippen molar-refractivity contribution in [2.45, 2.75) is 120 Å². The molecule has 1 heterocycles. The second kappa shape index (κ2) is 17.1. The Labute approximate surface area is 219 Å². The smallest absolute Gasteiger partial charge is 0.316 e. The number of carbonyl (C=O) groups is 2. The first kappa shape index (κ1) is 36.6. The predicted octanol–water partition coefficient (Wildman–Crippen LogP) is 6.36. The number of rotatable bonds is 4. The van der Waals surface area contributed by atoms with Crippen molar-refractivity contribution in [1.29, 1.82) is 0 Å². The van der Waals surface area contributed by atoms with Crippen molar-refractivity contribution in [2.24, 2.45) is 34.7 Å². The summed E-state index contributed by atoms with van der Waals surface area (Å²) in [6.07, 6.45) is 0.199. The van der Waals surface area contributed by atoms with E-state index >= 15 is 0 Å². The number of nitrogens with zero attached hydrogens (tertiary/aromatic N) is 1. The number of ether oxygens (including phenoxy) is 2. The highest BCUT2D eigenvalue weighted by Gasteiger charge is 2.46. The zero-order chi connectivity index (χ0) is 28.9. The Morgan fingerprint density at radius 3 is 2.06 bits per heavy atom. The number of hydrogen-bond donors (Lipinski definition) is 1. The minimum atomic E-state index is -1.41. The Kier molecular flexibility index (Phi) is 17.4. The molecular formula is C28H54FNO6. The maximum absolute atomic E-state index is 12.9. The maximum Gasteiger partial charge on any atom is 0.316 e. The molecule has 1 N–H and O–H groups in total. The van der Waals surface area contributed by atoms with E-state index in [0.29, 0.717) is 18.6 Å². The minimum Gasteiger partial charge on any atom is -0.459 e. The fraction of sp³-hybridized carbons (Fsp3) is 0.893. The molecule has 0 bridgehead atoms. The number of ketones is 1. The van der Waals surface area contributed by atoms with Gasteiger partial charge in [-0.15, -0.1) is 0 Å². The summed E-state index contributed by atoms with van der Waals surface area (Å²) in [6.45, 7) is 21.4. The predicted molar refractivity (Wildman–Crippen MR) is 143 cm³/mol. The van der Waals surface area contributed by atoms with Gasteiger partial charge in [0.2, 0.25) is 0 Å². The number of halogens is 1. The molecule has 8 heteroatoms. The Balaban J connectivity index is 0. The van der Waals surface area contributed by atoms with Crippen molar-refractivity contribution in [2.75, 3.05) is 14.0 Å². The van der Waals surface area contributed by atoms with E-state index in [0.717, 1.165) is 0 Å². The Morgan fingerprint density at radius 1 is 1.08 bits per heavy atom. The number of esters is 1. The van der Waals surface area contributed by atoms with Gasteiger partial charge in [-0.3, -0.25) is 9.59 Å². The molecule has 0 amide bonds. The largest absolute Gasteiger partial charge is 0.459 e.